The Kier molecular flexibility index (Phi) is 3.99. The SMILES string of the molecule is Oc1cccc(-c2cnn(CCN3CCOCC3)c2)c1. The number of aromatic hydroxyl groups is 1. The number of nitrogens with zero attached hydrogens (tertiary/aromatic N) is 3. The zero-order valence-electron chi connectivity index (χ0n) is 11.4. The average Bonchev–Trinajstić information content (AvgIpc) is 2.95. The molecule has 0 bridgehead atoms. The molecule has 1 saturated heterocycles. The van der Waals surface area contributed by atoms with E-state index >= 15 is 0 Å². The monoisotopic (exact) mass is 273 g/mol. The first-order chi connectivity index (χ1) is 9.81. The topological polar surface area (TPSA) is 50.5 Å². The molecule has 0 spiro atoms. The summed E-state index contributed by atoms with van der Waals surface area (Å²) in [4.78, 5) is 2.39. The fourth-order valence-corrected chi connectivity index (χ4v) is 2.39. The van der Waals surface area contributed by atoms with Gasteiger partial charge in [-0.1, -0.05) is 12.1 Å². The van der Waals surface area contributed by atoms with Gasteiger partial charge in [0.15, 0.2) is 0 Å². The van der Waals surface area contributed by atoms with E-state index in [1.807, 2.05) is 29.2 Å². The largest absolute Gasteiger partial charge is 0.508 e. The van der Waals surface area contributed by atoms with E-state index < -0.39 is 0 Å². The lowest BCUT2D eigenvalue weighted by Gasteiger charge is -2.26. The smallest absolute Gasteiger partial charge is 0.116 e. The van der Waals surface area contributed by atoms with Crippen LogP contribution in [0.15, 0.2) is 36.7 Å². The van der Waals surface area contributed by atoms with E-state index in [2.05, 4.69) is 10.00 Å². The lowest BCUT2D eigenvalue weighted by atomic mass is 10.1. The van der Waals surface area contributed by atoms with E-state index in [-0.39, 0.29) is 5.75 Å². The maximum absolute atomic E-state index is 9.51. The summed E-state index contributed by atoms with van der Waals surface area (Å²) >= 11 is 0. The second-order valence-electron chi connectivity index (χ2n) is 5.00. The Morgan fingerprint density at radius 1 is 1.15 bits per heavy atom. The predicted octanol–water partition coefficient (Wildman–Crippen LogP) is 1.59. The molecule has 1 N–H and O–H groups in total. The Labute approximate surface area is 118 Å². The van der Waals surface area contributed by atoms with Crippen molar-refractivity contribution >= 4 is 0 Å². The first kappa shape index (κ1) is 13.1. The first-order valence-corrected chi connectivity index (χ1v) is 6.93. The van der Waals surface area contributed by atoms with Gasteiger partial charge >= 0.3 is 0 Å². The summed E-state index contributed by atoms with van der Waals surface area (Å²) in [7, 11) is 0. The van der Waals surface area contributed by atoms with Crippen molar-refractivity contribution in [1.29, 1.82) is 0 Å². The maximum Gasteiger partial charge on any atom is 0.116 e. The van der Waals surface area contributed by atoms with Gasteiger partial charge in [0.1, 0.15) is 5.75 Å². The molecular weight excluding hydrogens is 254 g/mol. The molecule has 1 aromatic heterocycles. The summed E-state index contributed by atoms with van der Waals surface area (Å²) in [5, 5.41) is 13.9. The van der Waals surface area contributed by atoms with Crippen LogP contribution in [0.5, 0.6) is 5.75 Å². The number of morpholine rings is 1. The second-order valence-corrected chi connectivity index (χ2v) is 5.00. The lowest BCUT2D eigenvalue weighted by molar-refractivity contribution is 0.0360. The minimum absolute atomic E-state index is 0.281. The number of phenolic OH excluding ortho intramolecular Hbond substituents is 1. The number of aromatic nitrogens is 2. The van der Waals surface area contributed by atoms with Gasteiger partial charge in [-0.2, -0.15) is 5.10 Å². The van der Waals surface area contributed by atoms with E-state index in [9.17, 15) is 5.11 Å². The van der Waals surface area contributed by atoms with Crippen LogP contribution in [0.1, 0.15) is 0 Å². The molecule has 1 fully saturated rings. The Balaban J connectivity index is 1.61. The molecule has 0 saturated carbocycles. The van der Waals surface area contributed by atoms with Crippen LogP contribution in [0.4, 0.5) is 0 Å². The summed E-state index contributed by atoms with van der Waals surface area (Å²) < 4.78 is 7.29. The van der Waals surface area contributed by atoms with Gasteiger partial charge in [-0.25, -0.2) is 0 Å². The zero-order chi connectivity index (χ0) is 13.8. The minimum Gasteiger partial charge on any atom is -0.508 e. The van der Waals surface area contributed by atoms with Gasteiger partial charge in [-0.3, -0.25) is 9.58 Å². The van der Waals surface area contributed by atoms with Crippen molar-refractivity contribution in [2.45, 2.75) is 6.54 Å². The Morgan fingerprint density at radius 3 is 2.80 bits per heavy atom. The van der Waals surface area contributed by atoms with E-state index in [1.54, 1.807) is 12.1 Å². The van der Waals surface area contributed by atoms with Crippen LogP contribution in [0.25, 0.3) is 11.1 Å². The van der Waals surface area contributed by atoms with Crippen molar-refractivity contribution in [1.82, 2.24) is 14.7 Å². The standard InChI is InChI=1S/C15H19N3O2/c19-15-3-1-2-13(10-15)14-11-16-18(12-14)5-4-17-6-8-20-9-7-17/h1-3,10-12,19H,4-9H2. The number of rotatable bonds is 4. The molecule has 5 nitrogen and oxygen atoms in total. The number of ether oxygens (including phenoxy) is 1. The molecule has 106 valence electrons. The molecule has 3 rings (SSSR count). The van der Waals surface area contributed by atoms with E-state index in [1.165, 1.54) is 0 Å². The second kappa shape index (κ2) is 6.07. The van der Waals surface area contributed by atoms with Gasteiger partial charge in [0.25, 0.3) is 0 Å². The fraction of sp³-hybridized carbons (Fsp3) is 0.400. The fourth-order valence-electron chi connectivity index (χ4n) is 2.39. The Hall–Kier alpha value is -1.85. The summed E-state index contributed by atoms with van der Waals surface area (Å²) in [6.07, 6.45) is 3.86. The summed E-state index contributed by atoms with van der Waals surface area (Å²) in [5.41, 5.74) is 2.02. The van der Waals surface area contributed by atoms with Crippen molar-refractivity contribution in [3.05, 3.63) is 36.7 Å². The van der Waals surface area contributed by atoms with Crippen molar-refractivity contribution in [3.8, 4) is 16.9 Å². The van der Waals surface area contributed by atoms with Crippen molar-refractivity contribution in [2.24, 2.45) is 0 Å². The third-order valence-corrected chi connectivity index (χ3v) is 3.56. The van der Waals surface area contributed by atoms with E-state index in [0.717, 1.165) is 50.5 Å². The molecule has 2 heterocycles. The molecule has 0 atom stereocenters. The third-order valence-electron chi connectivity index (χ3n) is 3.56. The highest BCUT2D eigenvalue weighted by molar-refractivity contribution is 5.63. The molecule has 0 aliphatic carbocycles. The van der Waals surface area contributed by atoms with Gasteiger partial charge in [-0.15, -0.1) is 0 Å². The number of hydrogen-bond donors (Lipinski definition) is 1. The number of benzene rings is 1. The van der Waals surface area contributed by atoms with E-state index in [0.29, 0.717) is 0 Å². The molecule has 0 radical (unpaired) electrons. The van der Waals surface area contributed by atoms with Crippen LogP contribution < -0.4 is 0 Å². The maximum atomic E-state index is 9.51. The number of hydrogen-bond acceptors (Lipinski definition) is 4. The van der Waals surface area contributed by atoms with Gasteiger partial charge < -0.3 is 9.84 Å². The highest BCUT2D eigenvalue weighted by Gasteiger charge is 2.10. The van der Waals surface area contributed by atoms with Crippen LogP contribution in [-0.4, -0.2) is 52.6 Å². The Morgan fingerprint density at radius 2 is 2.00 bits per heavy atom. The molecule has 0 unspecified atom stereocenters. The molecular formula is C15H19N3O2. The Bertz CT molecular complexity index is 562. The van der Waals surface area contributed by atoms with Gasteiger partial charge in [0, 0.05) is 31.4 Å². The third kappa shape index (κ3) is 3.18. The molecule has 5 heteroatoms. The van der Waals surface area contributed by atoms with Crippen LogP contribution in [0, 0.1) is 0 Å². The van der Waals surface area contributed by atoms with Crippen molar-refractivity contribution in [2.75, 3.05) is 32.8 Å². The molecule has 1 aliphatic rings. The van der Waals surface area contributed by atoms with Crippen LogP contribution >= 0.6 is 0 Å². The normalized spacial score (nSPS) is 16.4. The molecule has 1 aliphatic heterocycles. The van der Waals surface area contributed by atoms with Crippen molar-refractivity contribution in [3.63, 3.8) is 0 Å². The van der Waals surface area contributed by atoms with Crippen LogP contribution in [-0.2, 0) is 11.3 Å². The predicted molar refractivity (Wildman–Crippen MR) is 76.6 cm³/mol. The summed E-state index contributed by atoms with van der Waals surface area (Å²) in [6, 6.07) is 7.24. The quantitative estimate of drug-likeness (QED) is 0.919. The summed E-state index contributed by atoms with van der Waals surface area (Å²) in [5.74, 6) is 0.281. The summed E-state index contributed by atoms with van der Waals surface area (Å²) in [6.45, 7) is 5.52. The average molecular weight is 273 g/mol. The van der Waals surface area contributed by atoms with Gasteiger partial charge in [0.05, 0.1) is 26.0 Å². The number of phenols is 1. The van der Waals surface area contributed by atoms with Crippen LogP contribution in [0.3, 0.4) is 0 Å². The van der Waals surface area contributed by atoms with Crippen LogP contribution in [0.2, 0.25) is 0 Å². The highest BCUT2D eigenvalue weighted by Crippen LogP contribution is 2.22. The molecule has 2 aromatic rings. The zero-order valence-corrected chi connectivity index (χ0v) is 11.4. The molecule has 20 heavy (non-hydrogen) atoms. The minimum atomic E-state index is 0.281. The van der Waals surface area contributed by atoms with Gasteiger partial charge in [0.2, 0.25) is 0 Å². The van der Waals surface area contributed by atoms with E-state index in [4.69, 9.17) is 4.74 Å². The van der Waals surface area contributed by atoms with Crippen molar-refractivity contribution < 1.29 is 9.84 Å². The first-order valence-electron chi connectivity index (χ1n) is 6.93. The highest BCUT2D eigenvalue weighted by atomic mass is 16.5. The molecule has 1 aromatic carbocycles. The lowest BCUT2D eigenvalue weighted by Crippen LogP contribution is -2.38. The molecule has 0 amide bonds. The van der Waals surface area contributed by atoms with Gasteiger partial charge in [-0.05, 0) is 17.7 Å².